The number of piperazine rings is 1. The highest BCUT2D eigenvalue weighted by molar-refractivity contribution is 6.30. The third-order valence-corrected chi connectivity index (χ3v) is 4.99. The fraction of sp³-hybridized carbons (Fsp3) is 0.556. The van der Waals surface area contributed by atoms with E-state index in [1.807, 2.05) is 24.3 Å². The van der Waals surface area contributed by atoms with Gasteiger partial charge in [0.25, 0.3) is 0 Å². The molecule has 0 atom stereocenters. The molecule has 4 rings (SSSR count). The molecule has 1 saturated carbocycles. The number of aromatic nitrogens is 2. The number of benzene rings is 1. The van der Waals surface area contributed by atoms with Gasteiger partial charge in [-0.2, -0.15) is 4.98 Å². The highest BCUT2D eigenvalue weighted by Gasteiger charge is 2.29. The van der Waals surface area contributed by atoms with E-state index in [9.17, 15) is 0 Å². The van der Waals surface area contributed by atoms with Gasteiger partial charge in [-0.1, -0.05) is 16.8 Å². The number of hydrogen-bond donors (Lipinski definition) is 0. The smallest absolute Gasteiger partial charge is 0.240 e. The van der Waals surface area contributed by atoms with Crippen LogP contribution in [0, 0.1) is 0 Å². The topological polar surface area (TPSA) is 54.6 Å². The summed E-state index contributed by atoms with van der Waals surface area (Å²) in [5.74, 6) is 3.07. The normalized spacial score (nSPS) is 19.2. The Bertz CT molecular complexity index is 679. The molecule has 134 valence electrons. The van der Waals surface area contributed by atoms with Gasteiger partial charge in [-0.05, 0) is 37.1 Å². The predicted octanol–water partition coefficient (Wildman–Crippen LogP) is 2.80. The highest BCUT2D eigenvalue weighted by Crippen LogP contribution is 2.38. The van der Waals surface area contributed by atoms with Crippen molar-refractivity contribution in [1.82, 2.24) is 19.9 Å². The average Bonchev–Trinajstić information content (AvgIpc) is 3.38. The molecule has 1 saturated heterocycles. The van der Waals surface area contributed by atoms with Crippen molar-refractivity contribution in [3.63, 3.8) is 0 Å². The van der Waals surface area contributed by atoms with Crippen molar-refractivity contribution in [2.75, 3.05) is 39.3 Å². The molecule has 0 unspecified atom stereocenters. The molecule has 2 aliphatic rings. The lowest BCUT2D eigenvalue weighted by atomic mass is 10.3. The Balaban J connectivity index is 1.16. The van der Waals surface area contributed by atoms with E-state index in [1.165, 1.54) is 12.8 Å². The number of ether oxygens (including phenoxy) is 1. The summed E-state index contributed by atoms with van der Waals surface area (Å²) >= 11 is 5.88. The summed E-state index contributed by atoms with van der Waals surface area (Å²) in [7, 11) is 0. The maximum Gasteiger partial charge on any atom is 0.240 e. The Morgan fingerprint density at radius 2 is 1.80 bits per heavy atom. The zero-order valence-electron chi connectivity index (χ0n) is 14.2. The second kappa shape index (κ2) is 7.72. The van der Waals surface area contributed by atoms with E-state index in [4.69, 9.17) is 20.9 Å². The lowest BCUT2D eigenvalue weighted by Gasteiger charge is -2.33. The molecule has 0 N–H and O–H groups in total. The van der Waals surface area contributed by atoms with Crippen LogP contribution in [0.15, 0.2) is 28.8 Å². The zero-order chi connectivity index (χ0) is 17.1. The molecule has 0 radical (unpaired) electrons. The van der Waals surface area contributed by atoms with Gasteiger partial charge in [-0.3, -0.25) is 9.80 Å². The molecule has 2 heterocycles. The van der Waals surface area contributed by atoms with Crippen molar-refractivity contribution in [2.24, 2.45) is 0 Å². The Morgan fingerprint density at radius 3 is 2.52 bits per heavy atom. The van der Waals surface area contributed by atoms with E-state index in [1.54, 1.807) is 0 Å². The number of halogens is 1. The molecule has 0 bridgehead atoms. The Hall–Kier alpha value is -1.63. The van der Waals surface area contributed by atoms with Gasteiger partial charge in [0.2, 0.25) is 5.89 Å². The molecule has 2 aromatic rings. The monoisotopic (exact) mass is 362 g/mol. The van der Waals surface area contributed by atoms with Crippen LogP contribution in [-0.4, -0.2) is 59.3 Å². The molecule has 1 aromatic heterocycles. The second-order valence-electron chi connectivity index (χ2n) is 6.74. The first kappa shape index (κ1) is 16.8. The first-order valence-corrected chi connectivity index (χ1v) is 9.29. The molecule has 7 heteroatoms. The number of hydrogen-bond acceptors (Lipinski definition) is 6. The summed E-state index contributed by atoms with van der Waals surface area (Å²) in [4.78, 5) is 9.31. The van der Waals surface area contributed by atoms with Crippen LogP contribution >= 0.6 is 11.6 Å². The summed E-state index contributed by atoms with van der Waals surface area (Å²) in [6.45, 7) is 6.49. The Labute approximate surface area is 152 Å². The predicted molar refractivity (Wildman–Crippen MR) is 94.9 cm³/mol. The largest absolute Gasteiger partial charge is 0.492 e. The summed E-state index contributed by atoms with van der Waals surface area (Å²) in [6.07, 6.45) is 2.41. The first-order chi connectivity index (χ1) is 12.3. The van der Waals surface area contributed by atoms with E-state index < -0.39 is 0 Å². The molecule has 0 spiro atoms. The SMILES string of the molecule is Clc1ccc(OCCN2CCN(Cc3nc(C4CC4)no3)CC2)cc1. The Morgan fingerprint density at radius 1 is 1.08 bits per heavy atom. The molecule has 1 aromatic carbocycles. The van der Waals surface area contributed by atoms with Crippen LogP contribution in [0.4, 0.5) is 0 Å². The van der Waals surface area contributed by atoms with Gasteiger partial charge >= 0.3 is 0 Å². The summed E-state index contributed by atoms with van der Waals surface area (Å²) in [5.41, 5.74) is 0. The van der Waals surface area contributed by atoms with Crippen LogP contribution in [0.5, 0.6) is 5.75 Å². The van der Waals surface area contributed by atoms with Crippen LogP contribution in [0.1, 0.15) is 30.5 Å². The lowest BCUT2D eigenvalue weighted by Crippen LogP contribution is -2.47. The fourth-order valence-corrected chi connectivity index (χ4v) is 3.15. The minimum Gasteiger partial charge on any atom is -0.492 e. The van der Waals surface area contributed by atoms with Crippen LogP contribution in [0.2, 0.25) is 5.02 Å². The minimum absolute atomic E-state index is 0.551. The maximum atomic E-state index is 5.88. The van der Waals surface area contributed by atoms with Gasteiger partial charge in [0.1, 0.15) is 12.4 Å². The standard InChI is InChI=1S/C18H23ClN4O2/c19-15-3-5-16(6-4-15)24-12-11-22-7-9-23(10-8-22)13-17-20-18(21-25-17)14-1-2-14/h3-6,14H,1-2,7-13H2. The summed E-state index contributed by atoms with van der Waals surface area (Å²) in [6, 6.07) is 7.50. The van der Waals surface area contributed by atoms with E-state index in [2.05, 4.69) is 19.9 Å². The third-order valence-electron chi connectivity index (χ3n) is 4.74. The summed E-state index contributed by atoms with van der Waals surface area (Å²) in [5, 5.41) is 4.82. The van der Waals surface area contributed by atoms with Crippen molar-refractivity contribution in [3.05, 3.63) is 41.0 Å². The van der Waals surface area contributed by atoms with Crippen molar-refractivity contribution >= 4 is 11.6 Å². The molecule has 6 nitrogen and oxygen atoms in total. The maximum absolute atomic E-state index is 5.88. The second-order valence-corrected chi connectivity index (χ2v) is 7.18. The fourth-order valence-electron chi connectivity index (χ4n) is 3.03. The van der Waals surface area contributed by atoms with Crippen LogP contribution in [0.3, 0.4) is 0 Å². The third kappa shape index (κ3) is 4.71. The molecular formula is C18H23ClN4O2. The van der Waals surface area contributed by atoms with Gasteiger partial charge in [0, 0.05) is 43.7 Å². The van der Waals surface area contributed by atoms with Gasteiger partial charge in [0.05, 0.1) is 6.54 Å². The van der Waals surface area contributed by atoms with Gasteiger partial charge in [-0.25, -0.2) is 0 Å². The molecule has 25 heavy (non-hydrogen) atoms. The molecule has 2 fully saturated rings. The average molecular weight is 363 g/mol. The molecule has 1 aliphatic heterocycles. The van der Waals surface area contributed by atoms with Gasteiger partial charge in [-0.15, -0.1) is 0 Å². The van der Waals surface area contributed by atoms with Crippen molar-refractivity contribution < 1.29 is 9.26 Å². The van der Waals surface area contributed by atoms with Crippen molar-refractivity contribution in [2.45, 2.75) is 25.3 Å². The first-order valence-electron chi connectivity index (χ1n) is 8.92. The molecule has 0 amide bonds. The minimum atomic E-state index is 0.551. The van der Waals surface area contributed by atoms with Crippen molar-refractivity contribution in [3.8, 4) is 5.75 Å². The molecular weight excluding hydrogens is 340 g/mol. The van der Waals surface area contributed by atoms with E-state index >= 15 is 0 Å². The van der Waals surface area contributed by atoms with Crippen LogP contribution < -0.4 is 4.74 Å². The van der Waals surface area contributed by atoms with Gasteiger partial charge < -0.3 is 9.26 Å². The quantitative estimate of drug-likeness (QED) is 0.755. The zero-order valence-corrected chi connectivity index (χ0v) is 15.0. The van der Waals surface area contributed by atoms with Gasteiger partial charge in [0.15, 0.2) is 5.82 Å². The van der Waals surface area contributed by atoms with Crippen LogP contribution in [0.25, 0.3) is 0 Å². The summed E-state index contributed by atoms with van der Waals surface area (Å²) < 4.78 is 11.1. The number of nitrogens with zero attached hydrogens (tertiary/aromatic N) is 4. The van der Waals surface area contributed by atoms with Crippen LogP contribution in [-0.2, 0) is 6.54 Å². The number of rotatable bonds is 7. The lowest BCUT2D eigenvalue weighted by molar-refractivity contribution is 0.104. The van der Waals surface area contributed by atoms with E-state index in [0.29, 0.717) is 12.5 Å². The highest BCUT2D eigenvalue weighted by atomic mass is 35.5. The molecule has 1 aliphatic carbocycles. The van der Waals surface area contributed by atoms with Crippen molar-refractivity contribution in [1.29, 1.82) is 0 Å². The Kier molecular flexibility index (Phi) is 5.20. The van der Waals surface area contributed by atoms with E-state index in [-0.39, 0.29) is 0 Å². The van der Waals surface area contributed by atoms with E-state index in [0.717, 1.165) is 61.8 Å².